The van der Waals surface area contributed by atoms with Gasteiger partial charge in [0.15, 0.2) is 5.58 Å². The zero-order valence-corrected chi connectivity index (χ0v) is 17.3. The summed E-state index contributed by atoms with van der Waals surface area (Å²) >= 11 is 0. The summed E-state index contributed by atoms with van der Waals surface area (Å²) in [6.07, 6.45) is 3.13. The molecule has 0 atom stereocenters. The highest BCUT2D eigenvalue weighted by atomic mass is 16.5. The van der Waals surface area contributed by atoms with Crippen molar-refractivity contribution in [3.63, 3.8) is 0 Å². The van der Waals surface area contributed by atoms with Gasteiger partial charge in [-0.05, 0) is 31.4 Å². The van der Waals surface area contributed by atoms with Crippen LogP contribution in [-0.4, -0.2) is 27.1 Å². The molecule has 0 amide bonds. The lowest BCUT2D eigenvalue weighted by molar-refractivity contribution is -0.143. The number of aryl methyl sites for hydroxylation is 1. The lowest BCUT2D eigenvalue weighted by Gasteiger charge is -2.09. The first-order valence-electron chi connectivity index (χ1n) is 10.4. The van der Waals surface area contributed by atoms with E-state index in [9.17, 15) is 9.59 Å². The quantitative estimate of drug-likeness (QED) is 0.324. The van der Waals surface area contributed by atoms with Crippen molar-refractivity contribution in [1.82, 2.24) is 14.5 Å². The molecular weight excluding hydrogens is 396 g/mol. The molecule has 0 saturated carbocycles. The molecule has 2 heterocycles. The van der Waals surface area contributed by atoms with Crippen LogP contribution in [0.5, 0.6) is 0 Å². The molecule has 0 aliphatic carbocycles. The highest BCUT2D eigenvalue weighted by Gasteiger charge is 2.13. The molecule has 8 heteroatoms. The molecule has 0 radical (unpaired) electrons. The third-order valence-electron chi connectivity index (χ3n) is 5.05. The molecule has 160 valence electrons. The monoisotopic (exact) mass is 420 g/mol. The SMILES string of the molecule is CCOC(=O)CCCCn1c(=O)oc2cc3ncnc(NCc4ccccc4)c3cc21. The maximum absolute atomic E-state index is 12.4. The Balaban J connectivity index is 1.57. The number of unbranched alkanes of at least 4 members (excludes halogenated alkanes) is 1. The summed E-state index contributed by atoms with van der Waals surface area (Å²) in [5.41, 5.74) is 3.00. The van der Waals surface area contributed by atoms with Gasteiger partial charge < -0.3 is 14.5 Å². The fourth-order valence-electron chi connectivity index (χ4n) is 3.52. The summed E-state index contributed by atoms with van der Waals surface area (Å²) in [4.78, 5) is 32.6. The molecule has 31 heavy (non-hydrogen) atoms. The van der Waals surface area contributed by atoms with Crippen LogP contribution in [0.2, 0.25) is 0 Å². The number of oxazole rings is 1. The van der Waals surface area contributed by atoms with Crippen LogP contribution in [0.25, 0.3) is 22.0 Å². The second kappa shape index (κ2) is 9.42. The Morgan fingerprint density at radius 1 is 1.16 bits per heavy atom. The number of carbonyl (C=O) groups is 1. The zero-order chi connectivity index (χ0) is 21.6. The molecule has 0 fully saturated rings. The summed E-state index contributed by atoms with van der Waals surface area (Å²) in [7, 11) is 0. The molecule has 0 spiro atoms. The van der Waals surface area contributed by atoms with E-state index in [1.54, 1.807) is 17.6 Å². The van der Waals surface area contributed by atoms with E-state index in [4.69, 9.17) is 9.15 Å². The standard InChI is InChI=1S/C23H24N4O4/c1-2-30-21(28)10-6-7-11-27-19-12-17-18(13-20(19)31-23(27)29)25-15-26-22(17)24-14-16-8-4-3-5-9-16/h3-5,8-9,12-13,15H,2,6-7,10-11,14H2,1H3,(H,24,25,26). The van der Waals surface area contributed by atoms with Crippen molar-refractivity contribution in [2.75, 3.05) is 11.9 Å². The highest BCUT2D eigenvalue weighted by molar-refractivity contribution is 5.97. The van der Waals surface area contributed by atoms with Crippen molar-refractivity contribution in [3.8, 4) is 0 Å². The normalized spacial score (nSPS) is 11.1. The maximum Gasteiger partial charge on any atom is 0.419 e. The van der Waals surface area contributed by atoms with Gasteiger partial charge in [-0.25, -0.2) is 14.8 Å². The van der Waals surface area contributed by atoms with Gasteiger partial charge >= 0.3 is 11.7 Å². The number of nitrogens with zero attached hydrogens (tertiary/aromatic N) is 3. The highest BCUT2D eigenvalue weighted by Crippen LogP contribution is 2.26. The summed E-state index contributed by atoms with van der Waals surface area (Å²) in [6.45, 7) is 3.24. The molecule has 0 aliphatic heterocycles. The number of rotatable bonds is 9. The molecule has 0 unspecified atom stereocenters. The predicted molar refractivity (Wildman–Crippen MR) is 118 cm³/mol. The van der Waals surface area contributed by atoms with Gasteiger partial charge in [0.05, 0.1) is 17.6 Å². The van der Waals surface area contributed by atoms with Gasteiger partial charge in [-0.15, -0.1) is 0 Å². The van der Waals surface area contributed by atoms with Crippen LogP contribution in [0.3, 0.4) is 0 Å². The van der Waals surface area contributed by atoms with E-state index >= 15 is 0 Å². The first kappa shape index (κ1) is 20.6. The summed E-state index contributed by atoms with van der Waals surface area (Å²) < 4.78 is 12.0. The van der Waals surface area contributed by atoms with Crippen LogP contribution in [0.4, 0.5) is 5.82 Å². The molecule has 4 aromatic rings. The second-order valence-corrected chi connectivity index (χ2v) is 7.18. The Morgan fingerprint density at radius 3 is 2.81 bits per heavy atom. The fourth-order valence-corrected chi connectivity index (χ4v) is 3.52. The minimum atomic E-state index is -0.423. The fraction of sp³-hybridized carbons (Fsp3) is 0.304. The van der Waals surface area contributed by atoms with E-state index in [1.165, 1.54) is 6.33 Å². The third-order valence-corrected chi connectivity index (χ3v) is 5.05. The van der Waals surface area contributed by atoms with Crippen molar-refractivity contribution in [2.24, 2.45) is 0 Å². The number of benzene rings is 2. The number of anilines is 1. The molecule has 0 bridgehead atoms. The van der Waals surface area contributed by atoms with Crippen LogP contribution in [0.1, 0.15) is 31.7 Å². The average molecular weight is 420 g/mol. The van der Waals surface area contributed by atoms with Crippen LogP contribution >= 0.6 is 0 Å². The van der Waals surface area contributed by atoms with Gasteiger partial charge in [0.1, 0.15) is 12.1 Å². The van der Waals surface area contributed by atoms with Gasteiger partial charge in [-0.3, -0.25) is 9.36 Å². The number of esters is 1. The van der Waals surface area contributed by atoms with Crippen LogP contribution in [-0.2, 0) is 22.6 Å². The average Bonchev–Trinajstić information content (AvgIpc) is 3.08. The van der Waals surface area contributed by atoms with Crippen molar-refractivity contribution in [3.05, 3.63) is 64.9 Å². The van der Waals surface area contributed by atoms with E-state index < -0.39 is 5.76 Å². The van der Waals surface area contributed by atoms with Gasteiger partial charge in [-0.2, -0.15) is 0 Å². The number of hydrogen-bond donors (Lipinski definition) is 1. The molecule has 2 aromatic heterocycles. The third kappa shape index (κ3) is 4.74. The van der Waals surface area contributed by atoms with E-state index in [1.807, 2.05) is 36.4 Å². The zero-order valence-electron chi connectivity index (χ0n) is 17.3. The van der Waals surface area contributed by atoms with Crippen LogP contribution < -0.4 is 11.1 Å². The maximum atomic E-state index is 12.4. The topological polar surface area (TPSA) is 99.2 Å². The molecular formula is C23H24N4O4. The van der Waals surface area contributed by atoms with Gasteiger partial charge in [0, 0.05) is 31.0 Å². The smallest absolute Gasteiger partial charge is 0.419 e. The minimum absolute atomic E-state index is 0.218. The Kier molecular flexibility index (Phi) is 6.26. The summed E-state index contributed by atoms with van der Waals surface area (Å²) in [6, 6.07) is 13.7. The number of nitrogens with one attached hydrogen (secondary N) is 1. The Morgan fingerprint density at radius 2 is 2.00 bits per heavy atom. The van der Waals surface area contributed by atoms with Gasteiger partial charge in [0.2, 0.25) is 0 Å². The lowest BCUT2D eigenvalue weighted by atomic mass is 10.2. The van der Waals surface area contributed by atoms with E-state index in [0.717, 1.165) is 10.9 Å². The molecule has 8 nitrogen and oxygen atoms in total. The number of hydrogen-bond acceptors (Lipinski definition) is 7. The predicted octanol–water partition coefficient (Wildman–Crippen LogP) is 3.88. The lowest BCUT2D eigenvalue weighted by Crippen LogP contribution is -2.14. The molecule has 1 N–H and O–H groups in total. The molecule has 0 aliphatic rings. The van der Waals surface area contributed by atoms with Crippen LogP contribution in [0.15, 0.2) is 58.0 Å². The molecule has 0 saturated heterocycles. The number of fused-ring (bicyclic) bond motifs is 2. The largest absolute Gasteiger partial charge is 0.466 e. The van der Waals surface area contributed by atoms with Crippen molar-refractivity contribution >= 4 is 33.8 Å². The summed E-state index contributed by atoms with van der Waals surface area (Å²) in [5, 5.41) is 4.16. The Bertz CT molecular complexity index is 1250. The number of carbonyl (C=O) groups excluding carboxylic acids is 1. The molecule has 2 aromatic carbocycles. The van der Waals surface area contributed by atoms with Gasteiger partial charge in [0.25, 0.3) is 0 Å². The van der Waals surface area contributed by atoms with Crippen LogP contribution in [0, 0.1) is 0 Å². The first-order chi connectivity index (χ1) is 15.2. The minimum Gasteiger partial charge on any atom is -0.466 e. The summed E-state index contributed by atoms with van der Waals surface area (Å²) in [5.74, 6) is 0.0515. The first-order valence-corrected chi connectivity index (χ1v) is 10.4. The van der Waals surface area contributed by atoms with Gasteiger partial charge in [-0.1, -0.05) is 30.3 Å². The van der Waals surface area contributed by atoms with E-state index in [0.29, 0.717) is 61.4 Å². The van der Waals surface area contributed by atoms with E-state index in [2.05, 4.69) is 15.3 Å². The van der Waals surface area contributed by atoms with Crippen molar-refractivity contribution < 1.29 is 13.9 Å². The Labute approximate surface area is 178 Å². The Hall–Kier alpha value is -3.68. The van der Waals surface area contributed by atoms with Crippen molar-refractivity contribution in [2.45, 2.75) is 39.3 Å². The van der Waals surface area contributed by atoms with Crippen molar-refractivity contribution in [1.29, 1.82) is 0 Å². The molecule has 4 rings (SSSR count). The van der Waals surface area contributed by atoms with E-state index in [-0.39, 0.29) is 5.97 Å². The second-order valence-electron chi connectivity index (χ2n) is 7.18. The number of aromatic nitrogens is 3. The number of ether oxygens (including phenoxy) is 1.